The quantitative estimate of drug-likeness (QED) is 0.455. The van der Waals surface area contributed by atoms with Crippen molar-refractivity contribution in [3.63, 3.8) is 0 Å². The van der Waals surface area contributed by atoms with Crippen LogP contribution in [0, 0.1) is 5.92 Å². The minimum atomic E-state index is 0.111. The summed E-state index contributed by atoms with van der Waals surface area (Å²) in [5.74, 6) is 0.601. The van der Waals surface area contributed by atoms with Gasteiger partial charge in [-0.05, 0) is 39.2 Å². The van der Waals surface area contributed by atoms with Crippen molar-refractivity contribution < 1.29 is 9.59 Å². The fraction of sp³-hybridized carbons (Fsp3) is 0.692. The fourth-order valence-electron chi connectivity index (χ4n) is 1.34. The molecule has 15 heavy (non-hydrogen) atoms. The minimum absolute atomic E-state index is 0.111. The monoisotopic (exact) mass is 210 g/mol. The van der Waals surface area contributed by atoms with E-state index < -0.39 is 0 Å². The smallest absolute Gasteiger partial charge is 0.152 e. The Bertz CT molecular complexity index is 229. The van der Waals surface area contributed by atoms with Crippen molar-refractivity contribution in [3.05, 3.63) is 12.2 Å². The molecule has 0 radical (unpaired) electrons. The minimum Gasteiger partial charge on any atom is -0.300 e. The van der Waals surface area contributed by atoms with E-state index in [-0.39, 0.29) is 17.5 Å². The third-order valence-electron chi connectivity index (χ3n) is 2.55. The molecule has 0 aliphatic rings. The highest BCUT2D eigenvalue weighted by Crippen LogP contribution is 2.11. The van der Waals surface area contributed by atoms with Crippen LogP contribution in [0.3, 0.4) is 0 Å². The molecule has 0 N–H and O–H groups in total. The lowest BCUT2D eigenvalue weighted by Crippen LogP contribution is -2.05. The van der Waals surface area contributed by atoms with Crippen molar-refractivity contribution in [2.75, 3.05) is 0 Å². The molecule has 0 spiro atoms. The summed E-state index contributed by atoms with van der Waals surface area (Å²) in [5, 5.41) is 0. The summed E-state index contributed by atoms with van der Waals surface area (Å²) in [5.41, 5.74) is 0. The van der Waals surface area contributed by atoms with Gasteiger partial charge in [0.05, 0.1) is 0 Å². The molecular formula is C13H22O2. The molecule has 0 fully saturated rings. The summed E-state index contributed by atoms with van der Waals surface area (Å²) in [6.07, 6.45) is 8.86. The average molecular weight is 210 g/mol. The summed E-state index contributed by atoms with van der Waals surface area (Å²) < 4.78 is 0. The first-order valence-electron chi connectivity index (χ1n) is 5.71. The standard InChI is InChI=1S/C13H22O2/c1-11(13(3)15)9-7-5-4-6-8-10-12(2)14/h8,10-11H,4-7,9H2,1-3H3/b10-8+/t11-/m0/s1. The molecule has 1 atom stereocenters. The van der Waals surface area contributed by atoms with Crippen LogP contribution in [0.2, 0.25) is 0 Å². The molecule has 0 aromatic carbocycles. The maximum absolute atomic E-state index is 10.9. The van der Waals surface area contributed by atoms with E-state index in [0.717, 1.165) is 32.1 Å². The Morgan fingerprint density at radius 3 is 2.33 bits per heavy atom. The van der Waals surface area contributed by atoms with Crippen LogP contribution in [0.4, 0.5) is 0 Å². The molecule has 86 valence electrons. The molecule has 0 saturated carbocycles. The Hall–Kier alpha value is -0.920. The van der Waals surface area contributed by atoms with Crippen LogP contribution in [-0.2, 0) is 9.59 Å². The second-order valence-corrected chi connectivity index (χ2v) is 4.16. The van der Waals surface area contributed by atoms with Crippen LogP contribution < -0.4 is 0 Å². The molecule has 0 unspecified atom stereocenters. The van der Waals surface area contributed by atoms with E-state index in [2.05, 4.69) is 0 Å². The van der Waals surface area contributed by atoms with E-state index in [0.29, 0.717) is 0 Å². The van der Waals surface area contributed by atoms with Gasteiger partial charge in [-0.3, -0.25) is 9.59 Å². The summed E-state index contributed by atoms with van der Waals surface area (Å²) >= 11 is 0. The summed E-state index contributed by atoms with van der Waals surface area (Å²) in [4.78, 5) is 21.5. The number of ketones is 2. The van der Waals surface area contributed by atoms with Gasteiger partial charge in [-0.15, -0.1) is 0 Å². The first kappa shape index (κ1) is 14.1. The second kappa shape index (κ2) is 8.39. The highest BCUT2D eigenvalue weighted by molar-refractivity contribution is 5.87. The van der Waals surface area contributed by atoms with Crippen LogP contribution in [0.5, 0.6) is 0 Å². The number of hydrogen-bond acceptors (Lipinski definition) is 2. The number of Topliss-reactive ketones (excluding diaryl/α,β-unsaturated/α-hetero) is 1. The largest absolute Gasteiger partial charge is 0.300 e. The van der Waals surface area contributed by atoms with E-state index in [1.165, 1.54) is 0 Å². The van der Waals surface area contributed by atoms with Gasteiger partial charge in [0.1, 0.15) is 5.78 Å². The van der Waals surface area contributed by atoms with Gasteiger partial charge in [0, 0.05) is 5.92 Å². The predicted octanol–water partition coefficient (Wildman–Crippen LogP) is 3.31. The average Bonchev–Trinajstić information content (AvgIpc) is 2.15. The lowest BCUT2D eigenvalue weighted by Gasteiger charge is -2.05. The highest BCUT2D eigenvalue weighted by Gasteiger charge is 2.05. The zero-order chi connectivity index (χ0) is 11.7. The molecular weight excluding hydrogens is 188 g/mol. The van der Waals surface area contributed by atoms with E-state index >= 15 is 0 Å². The Kier molecular flexibility index (Phi) is 7.88. The molecule has 0 amide bonds. The zero-order valence-corrected chi connectivity index (χ0v) is 10.1. The van der Waals surface area contributed by atoms with Crippen LogP contribution in [0.15, 0.2) is 12.2 Å². The van der Waals surface area contributed by atoms with Crippen molar-refractivity contribution in [1.82, 2.24) is 0 Å². The van der Waals surface area contributed by atoms with Gasteiger partial charge in [0.15, 0.2) is 5.78 Å². The van der Waals surface area contributed by atoms with Crippen molar-refractivity contribution in [1.29, 1.82) is 0 Å². The normalized spacial score (nSPS) is 13.0. The van der Waals surface area contributed by atoms with E-state index in [9.17, 15) is 9.59 Å². The van der Waals surface area contributed by atoms with Gasteiger partial charge in [-0.2, -0.15) is 0 Å². The Balaban J connectivity index is 3.32. The lowest BCUT2D eigenvalue weighted by atomic mass is 9.99. The highest BCUT2D eigenvalue weighted by atomic mass is 16.1. The molecule has 0 aliphatic heterocycles. The SMILES string of the molecule is CC(=O)/C=C/CCCCC[C@H](C)C(C)=O. The third-order valence-corrected chi connectivity index (χ3v) is 2.55. The first-order chi connectivity index (χ1) is 7.04. The van der Waals surface area contributed by atoms with Crippen LogP contribution in [0.1, 0.15) is 52.9 Å². The first-order valence-corrected chi connectivity index (χ1v) is 5.71. The molecule has 0 rings (SSSR count). The van der Waals surface area contributed by atoms with Crippen LogP contribution in [-0.4, -0.2) is 11.6 Å². The number of unbranched alkanes of at least 4 members (excludes halogenated alkanes) is 3. The number of carbonyl (C=O) groups is 2. The van der Waals surface area contributed by atoms with Crippen LogP contribution in [0.25, 0.3) is 0 Å². The van der Waals surface area contributed by atoms with E-state index in [1.807, 2.05) is 13.0 Å². The Morgan fingerprint density at radius 2 is 1.80 bits per heavy atom. The molecule has 0 aromatic rings. The van der Waals surface area contributed by atoms with Crippen molar-refractivity contribution in [2.24, 2.45) is 5.92 Å². The zero-order valence-electron chi connectivity index (χ0n) is 10.1. The van der Waals surface area contributed by atoms with Gasteiger partial charge in [0.2, 0.25) is 0 Å². The summed E-state index contributed by atoms with van der Waals surface area (Å²) in [6.45, 7) is 5.20. The molecule has 2 heteroatoms. The van der Waals surface area contributed by atoms with Gasteiger partial charge in [0.25, 0.3) is 0 Å². The molecule has 2 nitrogen and oxygen atoms in total. The Morgan fingerprint density at radius 1 is 1.13 bits per heavy atom. The summed E-state index contributed by atoms with van der Waals surface area (Å²) in [6, 6.07) is 0. The maximum Gasteiger partial charge on any atom is 0.152 e. The van der Waals surface area contributed by atoms with Gasteiger partial charge in [-0.1, -0.05) is 25.8 Å². The number of allylic oxidation sites excluding steroid dienone is 2. The molecule has 0 saturated heterocycles. The lowest BCUT2D eigenvalue weighted by molar-refractivity contribution is -0.120. The topological polar surface area (TPSA) is 34.1 Å². The van der Waals surface area contributed by atoms with Gasteiger partial charge in [-0.25, -0.2) is 0 Å². The summed E-state index contributed by atoms with van der Waals surface area (Å²) in [7, 11) is 0. The van der Waals surface area contributed by atoms with Gasteiger partial charge >= 0.3 is 0 Å². The maximum atomic E-state index is 10.9. The van der Waals surface area contributed by atoms with E-state index in [4.69, 9.17) is 0 Å². The second-order valence-electron chi connectivity index (χ2n) is 4.16. The van der Waals surface area contributed by atoms with Crippen molar-refractivity contribution in [3.8, 4) is 0 Å². The number of carbonyl (C=O) groups excluding carboxylic acids is 2. The predicted molar refractivity (Wildman–Crippen MR) is 62.8 cm³/mol. The van der Waals surface area contributed by atoms with E-state index in [1.54, 1.807) is 19.9 Å². The molecule has 0 bridgehead atoms. The van der Waals surface area contributed by atoms with Crippen molar-refractivity contribution >= 4 is 11.6 Å². The fourth-order valence-corrected chi connectivity index (χ4v) is 1.34. The molecule has 0 heterocycles. The van der Waals surface area contributed by atoms with Crippen LogP contribution >= 0.6 is 0 Å². The molecule has 0 aliphatic carbocycles. The molecule has 0 aromatic heterocycles. The number of rotatable bonds is 8. The van der Waals surface area contributed by atoms with Gasteiger partial charge < -0.3 is 0 Å². The Labute approximate surface area is 92.8 Å². The third kappa shape index (κ3) is 9.39. The number of hydrogen-bond donors (Lipinski definition) is 0. The van der Waals surface area contributed by atoms with Crippen molar-refractivity contribution in [2.45, 2.75) is 52.9 Å².